The molecule has 2 N–H and O–H groups in total. The molecule has 3 aromatic rings. The smallest absolute Gasteiger partial charge is 0.292 e. The highest BCUT2D eigenvalue weighted by Crippen LogP contribution is 2.29. The molecule has 0 bridgehead atoms. The van der Waals surface area contributed by atoms with Crippen LogP contribution >= 0.6 is 39.1 Å². The molecule has 0 saturated carbocycles. The van der Waals surface area contributed by atoms with Crippen molar-refractivity contribution in [2.45, 2.75) is 0 Å². The Bertz CT molecular complexity index is 1010. The van der Waals surface area contributed by atoms with Gasteiger partial charge in [-0.15, -0.1) is 0 Å². The summed E-state index contributed by atoms with van der Waals surface area (Å²) in [5, 5.41) is 5.63. The van der Waals surface area contributed by atoms with Crippen LogP contribution in [0, 0.1) is 0 Å². The predicted molar refractivity (Wildman–Crippen MR) is 110 cm³/mol. The summed E-state index contributed by atoms with van der Waals surface area (Å²) >= 11 is 15.2. The Hall–Kier alpha value is -2.41. The number of nitrogens with zero attached hydrogens (tertiary/aromatic N) is 1. The SMILES string of the molecule is O=C(NC(=O)c1ccccc1Cl)Nc1ccc(-c2ccc(Cl)cc2)c(Br)n1. The number of hydrogen-bond acceptors (Lipinski definition) is 3. The maximum Gasteiger partial charge on any atom is 0.327 e. The molecule has 0 fully saturated rings. The molecule has 0 saturated heterocycles. The van der Waals surface area contributed by atoms with Gasteiger partial charge in [-0.1, -0.05) is 47.5 Å². The Kier molecular flexibility index (Phi) is 6.11. The van der Waals surface area contributed by atoms with Gasteiger partial charge in [-0.05, 0) is 57.9 Å². The Balaban J connectivity index is 1.69. The number of hydrogen-bond donors (Lipinski definition) is 2. The number of halogens is 3. The third-order valence-electron chi connectivity index (χ3n) is 3.59. The lowest BCUT2D eigenvalue weighted by Gasteiger charge is -2.09. The number of urea groups is 1. The first-order valence-corrected chi connectivity index (χ1v) is 9.28. The summed E-state index contributed by atoms with van der Waals surface area (Å²) in [6, 6.07) is 16.5. The molecule has 1 aromatic heterocycles. The van der Waals surface area contributed by atoms with Gasteiger partial charge in [0.2, 0.25) is 0 Å². The molecule has 0 aliphatic carbocycles. The van der Waals surface area contributed by atoms with Crippen molar-refractivity contribution in [2.24, 2.45) is 0 Å². The topological polar surface area (TPSA) is 71.1 Å². The number of amides is 3. The van der Waals surface area contributed by atoms with Crippen LogP contribution in [-0.4, -0.2) is 16.9 Å². The third kappa shape index (κ3) is 4.86. The zero-order chi connectivity index (χ0) is 19.4. The summed E-state index contributed by atoms with van der Waals surface area (Å²) < 4.78 is 0.542. The van der Waals surface area contributed by atoms with Gasteiger partial charge in [-0.2, -0.15) is 0 Å². The Morgan fingerprint density at radius 3 is 2.30 bits per heavy atom. The number of carbonyl (C=O) groups excluding carboxylic acids is 2. The minimum absolute atomic E-state index is 0.210. The van der Waals surface area contributed by atoms with Gasteiger partial charge in [-0.25, -0.2) is 9.78 Å². The van der Waals surface area contributed by atoms with Crippen LogP contribution in [-0.2, 0) is 0 Å². The average Bonchev–Trinajstić information content (AvgIpc) is 2.63. The lowest BCUT2D eigenvalue weighted by Crippen LogP contribution is -2.34. The molecule has 8 heteroatoms. The Labute approximate surface area is 173 Å². The van der Waals surface area contributed by atoms with E-state index in [9.17, 15) is 9.59 Å². The maximum absolute atomic E-state index is 12.1. The quantitative estimate of drug-likeness (QED) is 0.482. The van der Waals surface area contributed by atoms with Crippen molar-refractivity contribution in [3.8, 4) is 11.1 Å². The minimum atomic E-state index is -0.710. The van der Waals surface area contributed by atoms with Crippen LogP contribution in [0.5, 0.6) is 0 Å². The van der Waals surface area contributed by atoms with E-state index in [2.05, 4.69) is 31.5 Å². The second-order valence-corrected chi connectivity index (χ2v) is 7.02. The van der Waals surface area contributed by atoms with Gasteiger partial charge in [0.1, 0.15) is 10.4 Å². The number of carbonyl (C=O) groups is 2. The van der Waals surface area contributed by atoms with E-state index in [-0.39, 0.29) is 16.4 Å². The van der Waals surface area contributed by atoms with E-state index in [0.717, 1.165) is 11.1 Å². The van der Waals surface area contributed by atoms with Gasteiger partial charge in [-0.3, -0.25) is 15.4 Å². The molecule has 1 heterocycles. The summed E-state index contributed by atoms with van der Waals surface area (Å²) in [6.07, 6.45) is 0. The summed E-state index contributed by atoms with van der Waals surface area (Å²) in [7, 11) is 0. The summed E-state index contributed by atoms with van der Waals surface area (Å²) in [5.41, 5.74) is 1.97. The number of nitrogens with one attached hydrogen (secondary N) is 2. The van der Waals surface area contributed by atoms with Gasteiger partial charge in [0.25, 0.3) is 5.91 Å². The fourth-order valence-electron chi connectivity index (χ4n) is 2.31. The van der Waals surface area contributed by atoms with Crippen LogP contribution in [0.3, 0.4) is 0 Å². The molecule has 136 valence electrons. The molecule has 0 spiro atoms. The monoisotopic (exact) mass is 463 g/mol. The fourth-order valence-corrected chi connectivity index (χ4v) is 3.21. The first-order valence-electron chi connectivity index (χ1n) is 7.73. The van der Waals surface area contributed by atoms with Gasteiger partial charge in [0, 0.05) is 10.6 Å². The van der Waals surface area contributed by atoms with Crippen molar-refractivity contribution in [1.82, 2.24) is 10.3 Å². The minimum Gasteiger partial charge on any atom is -0.292 e. The van der Waals surface area contributed by atoms with Crippen LogP contribution in [0.15, 0.2) is 65.3 Å². The molecule has 0 aliphatic heterocycles. The first kappa shape index (κ1) is 19.4. The van der Waals surface area contributed by atoms with E-state index in [1.54, 1.807) is 42.5 Å². The Morgan fingerprint density at radius 1 is 0.926 bits per heavy atom. The lowest BCUT2D eigenvalue weighted by atomic mass is 10.1. The second kappa shape index (κ2) is 8.52. The third-order valence-corrected chi connectivity index (χ3v) is 4.78. The highest BCUT2D eigenvalue weighted by molar-refractivity contribution is 9.10. The van der Waals surface area contributed by atoms with Gasteiger partial charge < -0.3 is 0 Å². The summed E-state index contributed by atoms with van der Waals surface area (Å²) in [4.78, 5) is 28.4. The van der Waals surface area contributed by atoms with Crippen molar-refractivity contribution in [2.75, 3.05) is 5.32 Å². The van der Waals surface area contributed by atoms with E-state index >= 15 is 0 Å². The summed E-state index contributed by atoms with van der Waals surface area (Å²) in [5.74, 6) is -0.320. The highest BCUT2D eigenvalue weighted by atomic mass is 79.9. The molecule has 0 atom stereocenters. The van der Waals surface area contributed by atoms with Crippen molar-refractivity contribution in [3.05, 3.63) is 80.9 Å². The van der Waals surface area contributed by atoms with Crippen LogP contribution < -0.4 is 10.6 Å². The average molecular weight is 465 g/mol. The molecule has 3 amide bonds. The van der Waals surface area contributed by atoms with E-state index in [1.807, 2.05) is 12.1 Å². The first-order chi connectivity index (χ1) is 12.9. The van der Waals surface area contributed by atoms with Gasteiger partial charge >= 0.3 is 6.03 Å². The van der Waals surface area contributed by atoms with Crippen molar-refractivity contribution < 1.29 is 9.59 Å². The van der Waals surface area contributed by atoms with Crippen molar-refractivity contribution in [3.63, 3.8) is 0 Å². The normalized spacial score (nSPS) is 10.3. The fraction of sp³-hybridized carbons (Fsp3) is 0. The zero-order valence-electron chi connectivity index (χ0n) is 13.7. The molecular formula is C19H12BrCl2N3O2. The molecule has 2 aromatic carbocycles. The van der Waals surface area contributed by atoms with Crippen LogP contribution in [0.4, 0.5) is 10.6 Å². The standard InChI is InChI=1S/C19H12BrCl2N3O2/c20-17-13(11-5-7-12(21)8-6-11)9-10-16(23-17)24-19(27)25-18(26)14-3-1-2-4-15(14)22/h1-10H,(H2,23,24,25,26,27). The van der Waals surface area contributed by atoms with Crippen LogP contribution in [0.25, 0.3) is 11.1 Å². The number of anilines is 1. The van der Waals surface area contributed by atoms with Gasteiger partial charge in [0.15, 0.2) is 0 Å². The van der Waals surface area contributed by atoms with E-state index in [4.69, 9.17) is 23.2 Å². The zero-order valence-corrected chi connectivity index (χ0v) is 16.8. The van der Waals surface area contributed by atoms with E-state index in [1.165, 1.54) is 6.07 Å². The largest absolute Gasteiger partial charge is 0.327 e. The lowest BCUT2D eigenvalue weighted by molar-refractivity contribution is 0.0967. The van der Waals surface area contributed by atoms with E-state index in [0.29, 0.717) is 9.63 Å². The number of rotatable bonds is 3. The second-order valence-electron chi connectivity index (χ2n) is 5.43. The molecule has 0 unspecified atom stereocenters. The molecular weight excluding hydrogens is 453 g/mol. The number of benzene rings is 2. The maximum atomic E-state index is 12.1. The summed E-state index contributed by atoms with van der Waals surface area (Å²) in [6.45, 7) is 0. The highest BCUT2D eigenvalue weighted by Gasteiger charge is 2.14. The van der Waals surface area contributed by atoms with Gasteiger partial charge in [0.05, 0.1) is 10.6 Å². The van der Waals surface area contributed by atoms with Crippen molar-refractivity contribution in [1.29, 1.82) is 0 Å². The van der Waals surface area contributed by atoms with Crippen LogP contribution in [0.2, 0.25) is 10.0 Å². The van der Waals surface area contributed by atoms with E-state index < -0.39 is 11.9 Å². The number of imide groups is 1. The molecule has 0 radical (unpaired) electrons. The molecule has 0 aliphatic rings. The van der Waals surface area contributed by atoms with Crippen molar-refractivity contribution >= 4 is 56.9 Å². The molecule has 3 rings (SSSR count). The number of pyridine rings is 1. The number of aromatic nitrogens is 1. The van der Waals surface area contributed by atoms with Crippen LogP contribution in [0.1, 0.15) is 10.4 Å². The predicted octanol–water partition coefficient (Wildman–Crippen LogP) is 5.78. The molecule has 5 nitrogen and oxygen atoms in total. The Morgan fingerprint density at radius 2 is 1.63 bits per heavy atom. The molecule has 27 heavy (non-hydrogen) atoms.